The molecule has 2 aliphatic heterocycles. The van der Waals surface area contributed by atoms with Gasteiger partial charge in [-0.3, -0.25) is 9.36 Å². The van der Waals surface area contributed by atoms with Crippen LogP contribution in [-0.4, -0.2) is 73.5 Å². The number of carbonyl (C=O) groups is 1. The molecule has 3 aromatic rings. The molecule has 0 bridgehead atoms. The molecule has 2 saturated heterocycles. The molecular formula is C22H25N5O6. The number of aliphatic hydroxyl groups is 2. The number of ether oxygens (including phenoxy) is 3. The molecule has 0 aliphatic carbocycles. The number of anilines is 1. The van der Waals surface area contributed by atoms with Crippen molar-refractivity contribution in [2.24, 2.45) is 0 Å². The molecular weight excluding hydrogens is 430 g/mol. The number of amides is 1. The number of fused-ring (bicyclic) bond motifs is 1. The third-order valence-corrected chi connectivity index (χ3v) is 5.84. The standard InChI is InChI=1S/C22H25N5O6/c28-10-14-17(29)18(33-15-8-4-5-9-31-15)22(32-14)27-12-25-16-19(23-11-24-20(16)27)26-21(30)13-6-2-1-3-7-13/h1-3,6-7,11-12,14-15,17-18,22,28-29H,4-5,8-10H2,(H,23,24,26,30)/t14-,15?,17-,18-,22-/m1/s1. The number of carbonyl (C=O) groups excluding carboxylic acids is 1. The van der Waals surface area contributed by atoms with Gasteiger partial charge in [-0.2, -0.15) is 0 Å². The molecule has 33 heavy (non-hydrogen) atoms. The smallest absolute Gasteiger partial charge is 0.256 e. The number of nitrogens with zero attached hydrogens (tertiary/aromatic N) is 4. The molecule has 2 fully saturated rings. The number of benzene rings is 1. The Labute approximate surface area is 189 Å². The SMILES string of the molecule is O=C(Nc1ncnc2c1ncn2[C@@H]1O[C@H](CO)[C@@H](O)[C@H]1OC1CCCCO1)c1ccccc1. The number of aromatic nitrogens is 4. The van der Waals surface area contributed by atoms with Crippen LogP contribution in [0.3, 0.4) is 0 Å². The first-order valence-corrected chi connectivity index (χ1v) is 10.9. The fourth-order valence-electron chi connectivity index (χ4n) is 4.13. The quantitative estimate of drug-likeness (QED) is 0.501. The summed E-state index contributed by atoms with van der Waals surface area (Å²) in [6.45, 7) is 0.219. The number of hydrogen-bond donors (Lipinski definition) is 3. The molecule has 1 aromatic carbocycles. The third-order valence-electron chi connectivity index (χ3n) is 5.84. The second-order valence-corrected chi connectivity index (χ2v) is 8.00. The van der Waals surface area contributed by atoms with E-state index in [0.717, 1.165) is 12.8 Å². The zero-order chi connectivity index (χ0) is 22.8. The van der Waals surface area contributed by atoms with Crippen LogP contribution in [0.25, 0.3) is 11.2 Å². The predicted molar refractivity (Wildman–Crippen MR) is 115 cm³/mol. The summed E-state index contributed by atoms with van der Waals surface area (Å²) in [5, 5.41) is 23.2. The number of aliphatic hydroxyl groups excluding tert-OH is 2. The van der Waals surface area contributed by atoms with Crippen molar-refractivity contribution in [2.45, 2.75) is 50.1 Å². The zero-order valence-electron chi connectivity index (χ0n) is 17.8. The van der Waals surface area contributed by atoms with Gasteiger partial charge in [0.05, 0.1) is 12.9 Å². The van der Waals surface area contributed by atoms with Crippen LogP contribution in [0.1, 0.15) is 35.8 Å². The second-order valence-electron chi connectivity index (χ2n) is 8.00. The summed E-state index contributed by atoms with van der Waals surface area (Å²) in [4.78, 5) is 25.5. The lowest BCUT2D eigenvalue weighted by Crippen LogP contribution is -2.39. The minimum atomic E-state index is -1.07. The average Bonchev–Trinajstić information content (AvgIpc) is 3.42. The monoisotopic (exact) mass is 455 g/mol. The Morgan fingerprint density at radius 2 is 2.06 bits per heavy atom. The zero-order valence-corrected chi connectivity index (χ0v) is 17.8. The van der Waals surface area contributed by atoms with E-state index in [1.807, 2.05) is 6.07 Å². The lowest BCUT2D eigenvalue weighted by atomic mass is 10.1. The number of rotatable bonds is 6. The van der Waals surface area contributed by atoms with Crippen molar-refractivity contribution in [3.8, 4) is 0 Å². The highest BCUT2D eigenvalue weighted by molar-refractivity contribution is 6.06. The van der Waals surface area contributed by atoms with Gasteiger partial charge in [-0.05, 0) is 31.4 Å². The Kier molecular flexibility index (Phi) is 6.29. The fourth-order valence-corrected chi connectivity index (χ4v) is 4.13. The van der Waals surface area contributed by atoms with Gasteiger partial charge in [0, 0.05) is 12.2 Å². The summed E-state index contributed by atoms with van der Waals surface area (Å²) in [6.07, 6.45) is 1.47. The molecule has 3 N–H and O–H groups in total. The summed E-state index contributed by atoms with van der Waals surface area (Å²) in [7, 11) is 0. The Bertz CT molecular complexity index is 1100. The minimum Gasteiger partial charge on any atom is -0.394 e. The molecule has 5 atom stereocenters. The van der Waals surface area contributed by atoms with E-state index in [1.165, 1.54) is 12.7 Å². The van der Waals surface area contributed by atoms with Gasteiger partial charge in [0.25, 0.3) is 5.91 Å². The highest BCUT2D eigenvalue weighted by Gasteiger charge is 2.47. The molecule has 1 amide bonds. The first kappa shape index (κ1) is 21.9. The number of nitrogens with one attached hydrogen (secondary N) is 1. The second kappa shape index (κ2) is 9.49. The Hall–Kier alpha value is -2.96. The van der Waals surface area contributed by atoms with Gasteiger partial charge in [-0.25, -0.2) is 15.0 Å². The Balaban J connectivity index is 1.43. The Morgan fingerprint density at radius 3 is 2.82 bits per heavy atom. The molecule has 0 saturated carbocycles. The van der Waals surface area contributed by atoms with E-state index < -0.39 is 30.8 Å². The first-order valence-electron chi connectivity index (χ1n) is 10.9. The highest BCUT2D eigenvalue weighted by Crippen LogP contribution is 2.35. The van der Waals surface area contributed by atoms with Gasteiger partial charge in [0.15, 0.2) is 29.5 Å². The Morgan fingerprint density at radius 1 is 1.21 bits per heavy atom. The van der Waals surface area contributed by atoms with E-state index in [0.29, 0.717) is 29.8 Å². The lowest BCUT2D eigenvalue weighted by molar-refractivity contribution is -0.215. The van der Waals surface area contributed by atoms with Crippen LogP contribution in [0.2, 0.25) is 0 Å². The largest absolute Gasteiger partial charge is 0.394 e. The maximum absolute atomic E-state index is 12.6. The molecule has 11 nitrogen and oxygen atoms in total. The van der Waals surface area contributed by atoms with Crippen LogP contribution in [0.4, 0.5) is 5.82 Å². The maximum atomic E-state index is 12.6. The van der Waals surface area contributed by atoms with E-state index in [-0.39, 0.29) is 18.3 Å². The molecule has 0 spiro atoms. The summed E-state index contributed by atoms with van der Waals surface area (Å²) >= 11 is 0. The van der Waals surface area contributed by atoms with Crippen molar-refractivity contribution in [3.63, 3.8) is 0 Å². The van der Waals surface area contributed by atoms with Crippen molar-refractivity contribution >= 4 is 22.9 Å². The summed E-state index contributed by atoms with van der Waals surface area (Å²) in [5.41, 5.74) is 1.24. The van der Waals surface area contributed by atoms with Crippen molar-refractivity contribution in [1.29, 1.82) is 0 Å². The van der Waals surface area contributed by atoms with Crippen LogP contribution < -0.4 is 5.32 Å². The summed E-state index contributed by atoms with van der Waals surface area (Å²) in [6, 6.07) is 8.77. The predicted octanol–water partition coefficient (Wildman–Crippen LogP) is 1.24. The topological polar surface area (TPSA) is 141 Å². The van der Waals surface area contributed by atoms with E-state index >= 15 is 0 Å². The maximum Gasteiger partial charge on any atom is 0.256 e. The van der Waals surface area contributed by atoms with Crippen LogP contribution >= 0.6 is 0 Å². The third kappa shape index (κ3) is 4.33. The fraction of sp³-hybridized carbons (Fsp3) is 0.455. The van der Waals surface area contributed by atoms with Crippen molar-refractivity contribution in [1.82, 2.24) is 19.5 Å². The highest BCUT2D eigenvalue weighted by atomic mass is 16.7. The minimum absolute atomic E-state index is 0.248. The van der Waals surface area contributed by atoms with Gasteiger partial charge in [0.2, 0.25) is 0 Å². The molecule has 1 unspecified atom stereocenters. The van der Waals surface area contributed by atoms with Crippen LogP contribution in [0.15, 0.2) is 43.0 Å². The van der Waals surface area contributed by atoms with Gasteiger partial charge in [-0.1, -0.05) is 18.2 Å². The van der Waals surface area contributed by atoms with E-state index in [9.17, 15) is 15.0 Å². The molecule has 2 aromatic heterocycles. The van der Waals surface area contributed by atoms with Gasteiger partial charge >= 0.3 is 0 Å². The van der Waals surface area contributed by atoms with Crippen LogP contribution in [0.5, 0.6) is 0 Å². The molecule has 2 aliphatic rings. The summed E-state index contributed by atoms with van der Waals surface area (Å²) in [5.74, 6) is -0.0772. The van der Waals surface area contributed by atoms with E-state index in [1.54, 1.807) is 28.8 Å². The van der Waals surface area contributed by atoms with Crippen molar-refractivity contribution in [3.05, 3.63) is 48.5 Å². The normalized spacial score (nSPS) is 27.6. The van der Waals surface area contributed by atoms with Crippen molar-refractivity contribution in [2.75, 3.05) is 18.5 Å². The molecule has 174 valence electrons. The molecule has 0 radical (unpaired) electrons. The van der Waals surface area contributed by atoms with Gasteiger partial charge < -0.3 is 29.7 Å². The lowest BCUT2D eigenvalue weighted by Gasteiger charge is -2.29. The molecule has 11 heteroatoms. The van der Waals surface area contributed by atoms with Gasteiger partial charge in [-0.15, -0.1) is 0 Å². The van der Waals surface area contributed by atoms with Crippen LogP contribution in [-0.2, 0) is 14.2 Å². The van der Waals surface area contributed by atoms with Crippen LogP contribution in [0, 0.1) is 0 Å². The van der Waals surface area contributed by atoms with E-state index in [2.05, 4.69) is 20.3 Å². The number of imidazole rings is 1. The molecule has 4 heterocycles. The van der Waals surface area contributed by atoms with Crippen molar-refractivity contribution < 1.29 is 29.2 Å². The summed E-state index contributed by atoms with van der Waals surface area (Å²) < 4.78 is 19.3. The first-order chi connectivity index (χ1) is 16.2. The number of hydrogen-bond acceptors (Lipinski definition) is 9. The van der Waals surface area contributed by atoms with E-state index in [4.69, 9.17) is 14.2 Å². The van der Waals surface area contributed by atoms with Gasteiger partial charge in [0.1, 0.15) is 24.6 Å². The average molecular weight is 455 g/mol. The molecule has 5 rings (SSSR count).